The zero-order valence-corrected chi connectivity index (χ0v) is 6.88. The second-order valence-corrected chi connectivity index (χ2v) is 3.05. The fourth-order valence-corrected chi connectivity index (χ4v) is 1.33. The maximum Gasteiger partial charge on any atom is 0.0865 e. The van der Waals surface area contributed by atoms with Crippen molar-refractivity contribution in [2.24, 2.45) is 0 Å². The monoisotopic (exact) mass is 165 g/mol. The Bertz CT molecular complexity index is 368. The van der Waals surface area contributed by atoms with E-state index in [1.54, 1.807) is 22.5 Å². The van der Waals surface area contributed by atoms with E-state index in [9.17, 15) is 0 Å². The largest absolute Gasteiger partial charge is 0.220 e. The molecule has 56 valence electrons. The lowest BCUT2D eigenvalue weighted by molar-refractivity contribution is 0.844. The number of thioether (sulfide) groups is 1. The van der Waals surface area contributed by atoms with E-state index in [-0.39, 0.29) is 0 Å². The summed E-state index contributed by atoms with van der Waals surface area (Å²) in [5.74, 6) is 0. The molecule has 0 bridgehead atoms. The van der Waals surface area contributed by atoms with Crippen LogP contribution in [0.5, 0.6) is 0 Å². The number of fused-ring (bicyclic) bond motifs is 1. The minimum Gasteiger partial charge on any atom is -0.220 e. The van der Waals surface area contributed by atoms with Gasteiger partial charge >= 0.3 is 0 Å². The zero-order valence-electron chi connectivity index (χ0n) is 6.06. The predicted molar refractivity (Wildman–Crippen MR) is 44.8 cm³/mol. The molecule has 2 aromatic rings. The van der Waals surface area contributed by atoms with E-state index in [1.807, 2.05) is 18.5 Å². The van der Waals surface area contributed by atoms with Gasteiger partial charge in [0, 0.05) is 11.1 Å². The number of pyridine rings is 1. The summed E-state index contributed by atoms with van der Waals surface area (Å²) < 4.78 is 1.77. The summed E-state index contributed by atoms with van der Waals surface area (Å²) in [7, 11) is 0. The molecular formula is C7H7N3S. The van der Waals surface area contributed by atoms with Crippen molar-refractivity contribution in [3.05, 3.63) is 24.5 Å². The molecule has 0 N–H and O–H groups in total. The van der Waals surface area contributed by atoms with Crippen LogP contribution >= 0.6 is 11.8 Å². The Balaban J connectivity index is 2.67. The van der Waals surface area contributed by atoms with E-state index in [0.29, 0.717) is 0 Å². The van der Waals surface area contributed by atoms with Gasteiger partial charge < -0.3 is 0 Å². The van der Waals surface area contributed by atoms with Crippen molar-refractivity contribution in [3.8, 4) is 0 Å². The second kappa shape index (κ2) is 2.54. The highest BCUT2D eigenvalue weighted by Crippen LogP contribution is 2.14. The predicted octanol–water partition coefficient (Wildman–Crippen LogP) is 1.45. The number of hydrogen-bond acceptors (Lipinski definition) is 3. The quantitative estimate of drug-likeness (QED) is 0.599. The van der Waals surface area contributed by atoms with Crippen LogP contribution in [0.1, 0.15) is 0 Å². The van der Waals surface area contributed by atoms with E-state index < -0.39 is 0 Å². The Hall–Kier alpha value is -1.03. The van der Waals surface area contributed by atoms with Gasteiger partial charge in [-0.2, -0.15) is 0 Å². The molecule has 0 saturated heterocycles. The molecule has 0 fully saturated rings. The highest BCUT2D eigenvalue weighted by molar-refractivity contribution is 7.98. The molecule has 0 aliphatic carbocycles. The van der Waals surface area contributed by atoms with E-state index in [2.05, 4.69) is 16.4 Å². The fourth-order valence-electron chi connectivity index (χ4n) is 0.923. The molecule has 0 unspecified atom stereocenters. The third kappa shape index (κ3) is 1.09. The normalized spacial score (nSPS) is 10.6. The summed E-state index contributed by atoms with van der Waals surface area (Å²) in [5.41, 5.74) is 1.03. The SMILES string of the molecule is CSc1ccc2cnnn2c1. The van der Waals surface area contributed by atoms with Crippen LogP contribution in [0.3, 0.4) is 0 Å². The standard InChI is InChI=1S/C7H7N3S/c1-11-7-3-2-6-4-8-9-10(6)5-7/h2-5H,1H3. The fraction of sp³-hybridized carbons (Fsp3) is 0.143. The van der Waals surface area contributed by atoms with E-state index in [0.717, 1.165) is 5.52 Å². The van der Waals surface area contributed by atoms with Crippen LogP contribution in [-0.4, -0.2) is 21.1 Å². The number of aromatic nitrogens is 3. The Morgan fingerprint density at radius 1 is 1.45 bits per heavy atom. The molecule has 3 nitrogen and oxygen atoms in total. The van der Waals surface area contributed by atoms with Crippen LogP contribution in [-0.2, 0) is 0 Å². The van der Waals surface area contributed by atoms with Gasteiger partial charge in [0.2, 0.25) is 0 Å². The summed E-state index contributed by atoms with van der Waals surface area (Å²) in [6, 6.07) is 4.06. The van der Waals surface area contributed by atoms with Crippen LogP contribution in [0, 0.1) is 0 Å². The van der Waals surface area contributed by atoms with Crippen molar-refractivity contribution in [1.82, 2.24) is 14.8 Å². The van der Waals surface area contributed by atoms with Crippen molar-refractivity contribution in [3.63, 3.8) is 0 Å². The molecule has 2 aromatic heterocycles. The molecule has 0 atom stereocenters. The smallest absolute Gasteiger partial charge is 0.0865 e. The first-order chi connectivity index (χ1) is 5.40. The highest BCUT2D eigenvalue weighted by Gasteiger charge is 1.94. The van der Waals surface area contributed by atoms with Crippen molar-refractivity contribution < 1.29 is 0 Å². The van der Waals surface area contributed by atoms with Crippen LogP contribution in [0.4, 0.5) is 0 Å². The van der Waals surface area contributed by atoms with Gasteiger partial charge in [-0.25, -0.2) is 4.52 Å². The van der Waals surface area contributed by atoms with Crippen LogP contribution in [0.2, 0.25) is 0 Å². The first-order valence-electron chi connectivity index (χ1n) is 3.24. The minimum atomic E-state index is 1.03. The molecule has 0 aliphatic heterocycles. The van der Waals surface area contributed by atoms with Crippen LogP contribution < -0.4 is 0 Å². The number of hydrogen-bond donors (Lipinski definition) is 0. The van der Waals surface area contributed by atoms with Gasteiger partial charge in [0.15, 0.2) is 0 Å². The zero-order chi connectivity index (χ0) is 7.68. The highest BCUT2D eigenvalue weighted by atomic mass is 32.2. The first-order valence-corrected chi connectivity index (χ1v) is 4.47. The molecule has 0 aromatic carbocycles. The van der Waals surface area contributed by atoms with Gasteiger partial charge in [-0.15, -0.1) is 16.9 Å². The molecule has 0 aliphatic rings. The van der Waals surface area contributed by atoms with E-state index in [1.165, 1.54) is 4.90 Å². The van der Waals surface area contributed by atoms with Gasteiger partial charge in [0.1, 0.15) is 0 Å². The lowest BCUT2D eigenvalue weighted by Gasteiger charge is -1.94. The van der Waals surface area contributed by atoms with Crippen LogP contribution in [0.15, 0.2) is 29.4 Å². The van der Waals surface area contributed by atoms with Gasteiger partial charge in [-0.3, -0.25) is 0 Å². The molecule has 0 amide bonds. The van der Waals surface area contributed by atoms with Crippen molar-refractivity contribution in [2.45, 2.75) is 4.90 Å². The summed E-state index contributed by atoms with van der Waals surface area (Å²) >= 11 is 1.70. The summed E-state index contributed by atoms with van der Waals surface area (Å²) in [6.45, 7) is 0. The van der Waals surface area contributed by atoms with Gasteiger partial charge in [-0.05, 0) is 18.4 Å². The Labute approximate surface area is 68.4 Å². The maximum absolute atomic E-state index is 3.88. The van der Waals surface area contributed by atoms with Gasteiger partial charge in [0.25, 0.3) is 0 Å². The van der Waals surface area contributed by atoms with Crippen molar-refractivity contribution in [2.75, 3.05) is 6.26 Å². The van der Waals surface area contributed by atoms with Crippen LogP contribution in [0.25, 0.3) is 5.52 Å². The molecule has 0 spiro atoms. The lowest BCUT2D eigenvalue weighted by atomic mass is 10.4. The molecule has 11 heavy (non-hydrogen) atoms. The van der Waals surface area contributed by atoms with Gasteiger partial charge in [-0.1, -0.05) is 5.21 Å². The molecule has 2 heterocycles. The van der Waals surface area contributed by atoms with Crippen molar-refractivity contribution in [1.29, 1.82) is 0 Å². The Morgan fingerprint density at radius 2 is 2.36 bits per heavy atom. The van der Waals surface area contributed by atoms with E-state index in [4.69, 9.17) is 0 Å². The summed E-state index contributed by atoms with van der Waals surface area (Å²) in [6.07, 6.45) is 5.75. The lowest BCUT2D eigenvalue weighted by Crippen LogP contribution is -1.86. The number of nitrogens with zero attached hydrogens (tertiary/aromatic N) is 3. The Kier molecular flexibility index (Phi) is 1.54. The molecule has 0 radical (unpaired) electrons. The number of rotatable bonds is 1. The van der Waals surface area contributed by atoms with Crippen molar-refractivity contribution >= 4 is 17.3 Å². The summed E-state index contributed by atoms with van der Waals surface area (Å²) in [5, 5.41) is 7.66. The summed E-state index contributed by atoms with van der Waals surface area (Å²) in [4.78, 5) is 1.20. The first kappa shape index (κ1) is 6.67. The minimum absolute atomic E-state index is 1.03. The average Bonchev–Trinajstić information content (AvgIpc) is 2.50. The molecular weight excluding hydrogens is 158 g/mol. The molecule has 0 saturated carbocycles. The molecule has 4 heteroatoms. The van der Waals surface area contributed by atoms with Gasteiger partial charge in [0.05, 0.1) is 11.7 Å². The topological polar surface area (TPSA) is 30.2 Å². The maximum atomic E-state index is 3.88. The second-order valence-electron chi connectivity index (χ2n) is 2.17. The Morgan fingerprint density at radius 3 is 3.18 bits per heavy atom. The third-order valence-corrected chi connectivity index (χ3v) is 2.22. The average molecular weight is 165 g/mol. The molecule has 2 rings (SSSR count). The third-order valence-electron chi connectivity index (χ3n) is 1.51. The van der Waals surface area contributed by atoms with E-state index >= 15 is 0 Å².